The zero-order valence-corrected chi connectivity index (χ0v) is 13.4. The third-order valence-electron chi connectivity index (χ3n) is 2.89. The van der Waals surface area contributed by atoms with Crippen molar-refractivity contribution < 1.29 is 4.79 Å². The molecule has 0 aliphatic heterocycles. The number of amides is 1. The minimum absolute atomic E-state index is 0.0732. The van der Waals surface area contributed by atoms with Crippen molar-refractivity contribution in [3.8, 4) is 0 Å². The van der Waals surface area contributed by atoms with Gasteiger partial charge in [-0.25, -0.2) is 4.98 Å². The van der Waals surface area contributed by atoms with E-state index in [0.717, 1.165) is 18.8 Å². The SMILES string of the molecule is CC(C)CNC(=O)CCn1cncc1CNC(C)(C)C. The normalized spacial score (nSPS) is 11.9. The lowest BCUT2D eigenvalue weighted by atomic mass is 10.1. The van der Waals surface area contributed by atoms with Gasteiger partial charge in [0.05, 0.1) is 12.0 Å². The average Bonchev–Trinajstić information content (AvgIpc) is 2.78. The van der Waals surface area contributed by atoms with Gasteiger partial charge in [-0.2, -0.15) is 0 Å². The Balaban J connectivity index is 2.41. The average molecular weight is 280 g/mol. The highest BCUT2D eigenvalue weighted by atomic mass is 16.1. The predicted octanol–water partition coefficient (Wildman–Crippen LogP) is 1.93. The molecule has 1 heterocycles. The molecule has 0 unspecified atom stereocenters. The molecule has 0 fully saturated rings. The smallest absolute Gasteiger partial charge is 0.221 e. The third kappa shape index (κ3) is 6.70. The first-order valence-corrected chi connectivity index (χ1v) is 7.28. The van der Waals surface area contributed by atoms with Crippen LogP contribution < -0.4 is 10.6 Å². The highest BCUT2D eigenvalue weighted by Crippen LogP contribution is 2.05. The van der Waals surface area contributed by atoms with E-state index in [9.17, 15) is 4.79 Å². The van der Waals surface area contributed by atoms with Crippen LogP contribution in [0.1, 0.15) is 46.7 Å². The van der Waals surface area contributed by atoms with Crippen molar-refractivity contribution in [2.45, 2.75) is 59.7 Å². The first-order chi connectivity index (χ1) is 9.28. The first kappa shape index (κ1) is 16.7. The molecule has 1 rings (SSSR count). The molecule has 1 amide bonds. The number of nitrogens with zero attached hydrogens (tertiary/aromatic N) is 2. The van der Waals surface area contributed by atoms with E-state index in [-0.39, 0.29) is 11.4 Å². The Kier molecular flexibility index (Phi) is 6.20. The fraction of sp³-hybridized carbons (Fsp3) is 0.733. The molecular weight excluding hydrogens is 252 g/mol. The van der Waals surface area contributed by atoms with E-state index in [4.69, 9.17) is 0 Å². The highest BCUT2D eigenvalue weighted by Gasteiger charge is 2.11. The summed E-state index contributed by atoms with van der Waals surface area (Å²) in [6.07, 6.45) is 4.13. The molecule has 0 aliphatic carbocycles. The molecular formula is C15H28N4O. The number of hydrogen-bond donors (Lipinski definition) is 2. The Morgan fingerprint density at radius 1 is 1.40 bits per heavy atom. The zero-order chi connectivity index (χ0) is 15.2. The number of nitrogens with one attached hydrogen (secondary N) is 2. The van der Waals surface area contributed by atoms with Gasteiger partial charge in [-0.3, -0.25) is 4.79 Å². The Morgan fingerprint density at radius 3 is 2.70 bits per heavy atom. The standard InChI is InChI=1S/C15H28N4O/c1-12(2)8-17-14(20)6-7-19-11-16-9-13(19)10-18-15(3,4)5/h9,11-12,18H,6-8,10H2,1-5H3,(H,17,20). The van der Waals surface area contributed by atoms with E-state index < -0.39 is 0 Å². The summed E-state index contributed by atoms with van der Waals surface area (Å²) < 4.78 is 2.04. The summed E-state index contributed by atoms with van der Waals surface area (Å²) in [5, 5.41) is 6.36. The molecule has 0 aromatic carbocycles. The number of aromatic nitrogens is 2. The molecule has 0 radical (unpaired) electrons. The van der Waals surface area contributed by atoms with Gasteiger partial charge >= 0.3 is 0 Å². The van der Waals surface area contributed by atoms with Crippen molar-refractivity contribution in [1.29, 1.82) is 0 Å². The second-order valence-corrected chi connectivity index (χ2v) is 6.63. The maximum absolute atomic E-state index is 11.7. The summed E-state index contributed by atoms with van der Waals surface area (Å²) in [7, 11) is 0. The fourth-order valence-electron chi connectivity index (χ4n) is 1.68. The van der Waals surface area contributed by atoms with Crippen LogP contribution in [0.3, 0.4) is 0 Å². The molecule has 0 saturated carbocycles. The minimum atomic E-state index is 0.0732. The molecule has 1 aromatic heterocycles. The third-order valence-corrected chi connectivity index (χ3v) is 2.89. The lowest BCUT2D eigenvalue weighted by molar-refractivity contribution is -0.121. The van der Waals surface area contributed by atoms with Gasteiger partial charge in [-0.15, -0.1) is 0 Å². The van der Waals surface area contributed by atoms with Gasteiger partial charge in [0, 0.05) is 37.8 Å². The van der Waals surface area contributed by atoms with Crippen LogP contribution in [0, 0.1) is 5.92 Å². The van der Waals surface area contributed by atoms with Crippen LogP contribution in [0.2, 0.25) is 0 Å². The zero-order valence-electron chi connectivity index (χ0n) is 13.4. The molecule has 20 heavy (non-hydrogen) atoms. The van der Waals surface area contributed by atoms with Crippen molar-refractivity contribution >= 4 is 5.91 Å². The predicted molar refractivity (Wildman–Crippen MR) is 81.3 cm³/mol. The minimum Gasteiger partial charge on any atom is -0.356 e. The second-order valence-electron chi connectivity index (χ2n) is 6.63. The van der Waals surface area contributed by atoms with E-state index in [2.05, 4.69) is 50.2 Å². The number of carbonyl (C=O) groups excluding carboxylic acids is 1. The molecule has 0 aliphatic rings. The number of carbonyl (C=O) groups is 1. The quantitative estimate of drug-likeness (QED) is 0.802. The molecule has 5 heteroatoms. The van der Waals surface area contributed by atoms with Crippen LogP contribution in [-0.4, -0.2) is 27.5 Å². The van der Waals surface area contributed by atoms with E-state index in [1.807, 2.05) is 10.8 Å². The number of imidazole rings is 1. The van der Waals surface area contributed by atoms with Crippen LogP contribution in [0.4, 0.5) is 0 Å². The van der Waals surface area contributed by atoms with E-state index in [1.54, 1.807) is 6.33 Å². The summed E-state index contributed by atoms with van der Waals surface area (Å²) in [5.74, 6) is 0.584. The molecule has 1 aromatic rings. The number of aryl methyl sites for hydroxylation is 1. The van der Waals surface area contributed by atoms with Gasteiger partial charge in [0.2, 0.25) is 5.91 Å². The molecule has 0 saturated heterocycles. The molecule has 0 spiro atoms. The van der Waals surface area contributed by atoms with Crippen molar-refractivity contribution in [3.05, 3.63) is 18.2 Å². The Morgan fingerprint density at radius 2 is 2.10 bits per heavy atom. The van der Waals surface area contributed by atoms with E-state index >= 15 is 0 Å². The van der Waals surface area contributed by atoms with Gasteiger partial charge in [-0.05, 0) is 26.7 Å². The first-order valence-electron chi connectivity index (χ1n) is 7.28. The van der Waals surface area contributed by atoms with Crippen LogP contribution in [0.25, 0.3) is 0 Å². The van der Waals surface area contributed by atoms with Crippen LogP contribution in [0.5, 0.6) is 0 Å². The summed E-state index contributed by atoms with van der Waals surface area (Å²) >= 11 is 0. The fourth-order valence-corrected chi connectivity index (χ4v) is 1.68. The molecule has 5 nitrogen and oxygen atoms in total. The van der Waals surface area contributed by atoms with Gasteiger partial charge in [0.1, 0.15) is 0 Å². The summed E-state index contributed by atoms with van der Waals surface area (Å²) in [6, 6.07) is 0. The van der Waals surface area contributed by atoms with Crippen molar-refractivity contribution in [1.82, 2.24) is 20.2 Å². The van der Waals surface area contributed by atoms with Gasteiger partial charge < -0.3 is 15.2 Å². The van der Waals surface area contributed by atoms with Crippen LogP contribution >= 0.6 is 0 Å². The summed E-state index contributed by atoms with van der Waals surface area (Å²) in [6.45, 7) is 12.7. The maximum Gasteiger partial charge on any atom is 0.221 e. The van der Waals surface area contributed by atoms with Gasteiger partial charge in [-0.1, -0.05) is 13.8 Å². The Bertz CT molecular complexity index is 418. The Hall–Kier alpha value is -1.36. The maximum atomic E-state index is 11.7. The van der Waals surface area contributed by atoms with E-state index in [1.165, 1.54) is 0 Å². The highest BCUT2D eigenvalue weighted by molar-refractivity contribution is 5.75. The molecule has 114 valence electrons. The van der Waals surface area contributed by atoms with Gasteiger partial charge in [0.25, 0.3) is 0 Å². The molecule has 0 bridgehead atoms. The summed E-state index contributed by atoms with van der Waals surface area (Å²) in [4.78, 5) is 15.9. The summed E-state index contributed by atoms with van der Waals surface area (Å²) in [5.41, 5.74) is 1.18. The monoisotopic (exact) mass is 280 g/mol. The van der Waals surface area contributed by atoms with Crippen LogP contribution in [0.15, 0.2) is 12.5 Å². The number of rotatable bonds is 7. The van der Waals surface area contributed by atoms with Crippen LogP contribution in [-0.2, 0) is 17.9 Å². The topological polar surface area (TPSA) is 59.0 Å². The largest absolute Gasteiger partial charge is 0.356 e. The lowest BCUT2D eigenvalue weighted by Gasteiger charge is -2.21. The Labute approximate surface area is 122 Å². The van der Waals surface area contributed by atoms with Crippen molar-refractivity contribution in [3.63, 3.8) is 0 Å². The van der Waals surface area contributed by atoms with Crippen molar-refractivity contribution in [2.24, 2.45) is 5.92 Å². The molecule has 2 N–H and O–H groups in total. The number of hydrogen-bond acceptors (Lipinski definition) is 3. The van der Waals surface area contributed by atoms with Crippen molar-refractivity contribution in [2.75, 3.05) is 6.54 Å². The molecule has 0 atom stereocenters. The second kappa shape index (κ2) is 7.43. The van der Waals surface area contributed by atoms with E-state index in [0.29, 0.717) is 18.9 Å². The van der Waals surface area contributed by atoms with Gasteiger partial charge in [0.15, 0.2) is 0 Å². The lowest BCUT2D eigenvalue weighted by Crippen LogP contribution is -2.35.